The first-order valence-electron chi connectivity index (χ1n) is 7.15. The van der Waals surface area contributed by atoms with Crippen molar-refractivity contribution in [1.82, 2.24) is 4.57 Å². The molecule has 0 aliphatic carbocycles. The highest BCUT2D eigenvalue weighted by Crippen LogP contribution is 2.15. The quantitative estimate of drug-likeness (QED) is 0.866. The van der Waals surface area contributed by atoms with Gasteiger partial charge in [0.05, 0.1) is 0 Å². The van der Waals surface area contributed by atoms with Crippen LogP contribution in [-0.2, 0) is 11.3 Å². The molecule has 0 spiro atoms. The summed E-state index contributed by atoms with van der Waals surface area (Å²) in [7, 11) is 0. The zero-order valence-corrected chi connectivity index (χ0v) is 13.0. The molecule has 1 heterocycles. The number of fused-ring (bicyclic) bond motifs is 1. The van der Waals surface area contributed by atoms with Crippen molar-refractivity contribution < 1.29 is 4.79 Å². The van der Waals surface area contributed by atoms with Gasteiger partial charge in [0, 0.05) is 29.7 Å². The van der Waals surface area contributed by atoms with Crippen molar-refractivity contribution in [3.05, 3.63) is 36.5 Å². The van der Waals surface area contributed by atoms with Gasteiger partial charge in [0.1, 0.15) is 6.29 Å². The number of hydrogen-bond acceptors (Lipinski definition) is 2. The van der Waals surface area contributed by atoms with Crippen LogP contribution in [0.1, 0.15) is 34.1 Å². The van der Waals surface area contributed by atoms with E-state index in [1.807, 2.05) is 27.7 Å². The van der Waals surface area contributed by atoms with Gasteiger partial charge in [0.2, 0.25) is 0 Å². The molecule has 0 aliphatic heterocycles. The molecule has 110 valence electrons. The number of aldehydes is 1. The first-order chi connectivity index (χ1) is 9.39. The number of carbonyl (C=O) groups is 1. The number of para-hydroxylation sites is 1. The van der Waals surface area contributed by atoms with Crippen LogP contribution in [0.2, 0.25) is 0 Å². The van der Waals surface area contributed by atoms with Crippen LogP contribution in [0, 0.1) is 5.41 Å². The molecule has 2 N–H and O–H groups in total. The maximum absolute atomic E-state index is 10.1. The lowest BCUT2D eigenvalue weighted by Crippen LogP contribution is -2.21. The Hall–Kier alpha value is -1.61. The molecule has 1 aromatic carbocycles. The number of benzene rings is 1. The number of nitrogens with two attached hydrogens (primary N) is 1. The summed E-state index contributed by atoms with van der Waals surface area (Å²) in [4.78, 5) is 10.1. The Balaban J connectivity index is 0.000000246. The maximum Gasteiger partial charge on any atom is 0.125 e. The zero-order valence-electron chi connectivity index (χ0n) is 13.0. The lowest BCUT2D eigenvalue weighted by molar-refractivity contribution is -0.114. The van der Waals surface area contributed by atoms with Crippen molar-refractivity contribution >= 4 is 17.2 Å². The number of nitrogens with zero attached hydrogens (tertiary/aromatic N) is 1. The summed E-state index contributed by atoms with van der Waals surface area (Å²) in [5.41, 5.74) is 6.92. The van der Waals surface area contributed by atoms with Gasteiger partial charge in [-0.3, -0.25) is 0 Å². The average Bonchev–Trinajstić information content (AvgIpc) is 2.82. The van der Waals surface area contributed by atoms with Gasteiger partial charge in [0.15, 0.2) is 0 Å². The standard InChI is InChI=1S/C11H14N2.C6H12O/c1-9(12)8-13-7-6-10-4-2-3-5-11(10)13;1-4-6(2,3)5-7/h2-7,9H,8,12H2,1H3;5H,4H2,1-3H3. The normalized spacial score (nSPS) is 12.7. The minimum absolute atomic E-state index is 0.0972. The number of hydrogen-bond donors (Lipinski definition) is 1. The molecule has 3 nitrogen and oxygen atoms in total. The van der Waals surface area contributed by atoms with Gasteiger partial charge in [-0.15, -0.1) is 0 Å². The van der Waals surface area contributed by atoms with E-state index in [0.29, 0.717) is 0 Å². The fraction of sp³-hybridized carbons (Fsp3) is 0.471. The topological polar surface area (TPSA) is 48.0 Å². The molecule has 1 atom stereocenters. The SMILES string of the molecule is CC(N)Cn1ccc2ccccc21.CCC(C)(C)C=O. The largest absolute Gasteiger partial charge is 0.346 e. The summed E-state index contributed by atoms with van der Waals surface area (Å²) >= 11 is 0. The molecular formula is C17H26N2O. The Labute approximate surface area is 121 Å². The van der Waals surface area contributed by atoms with E-state index in [2.05, 4.69) is 41.1 Å². The molecule has 0 aliphatic rings. The molecule has 20 heavy (non-hydrogen) atoms. The minimum atomic E-state index is -0.0972. The van der Waals surface area contributed by atoms with Crippen molar-refractivity contribution in [2.45, 2.75) is 46.7 Å². The van der Waals surface area contributed by atoms with E-state index in [4.69, 9.17) is 5.73 Å². The lowest BCUT2D eigenvalue weighted by atomic mass is 9.93. The van der Waals surface area contributed by atoms with Crippen LogP contribution < -0.4 is 5.73 Å². The minimum Gasteiger partial charge on any atom is -0.346 e. The third-order valence-electron chi connectivity index (χ3n) is 3.40. The Morgan fingerprint density at radius 2 is 1.95 bits per heavy atom. The van der Waals surface area contributed by atoms with Crippen molar-refractivity contribution in [2.24, 2.45) is 11.1 Å². The first-order valence-corrected chi connectivity index (χ1v) is 7.15. The summed E-state index contributed by atoms with van der Waals surface area (Å²) in [6, 6.07) is 10.7. The van der Waals surface area contributed by atoms with E-state index < -0.39 is 0 Å². The second kappa shape index (κ2) is 7.25. The molecule has 0 bridgehead atoms. The number of carbonyl (C=O) groups excluding carboxylic acids is 1. The highest BCUT2D eigenvalue weighted by molar-refractivity contribution is 5.79. The third-order valence-corrected chi connectivity index (χ3v) is 3.40. The van der Waals surface area contributed by atoms with E-state index in [1.54, 1.807) is 0 Å². The molecule has 0 fully saturated rings. The fourth-order valence-electron chi connectivity index (χ4n) is 1.69. The van der Waals surface area contributed by atoms with Crippen molar-refractivity contribution in [3.63, 3.8) is 0 Å². The van der Waals surface area contributed by atoms with Crippen LogP contribution in [0.4, 0.5) is 0 Å². The molecule has 0 saturated heterocycles. The van der Waals surface area contributed by atoms with Gasteiger partial charge in [-0.25, -0.2) is 0 Å². The molecular weight excluding hydrogens is 248 g/mol. The van der Waals surface area contributed by atoms with Crippen molar-refractivity contribution in [2.75, 3.05) is 0 Å². The average molecular weight is 274 g/mol. The molecule has 2 rings (SSSR count). The Morgan fingerprint density at radius 3 is 2.45 bits per heavy atom. The highest BCUT2D eigenvalue weighted by Gasteiger charge is 2.11. The summed E-state index contributed by atoms with van der Waals surface area (Å²) in [5, 5.41) is 1.28. The van der Waals surface area contributed by atoms with Crippen molar-refractivity contribution in [1.29, 1.82) is 0 Å². The number of rotatable bonds is 4. The van der Waals surface area contributed by atoms with Gasteiger partial charge in [-0.05, 0) is 30.9 Å². The van der Waals surface area contributed by atoms with Gasteiger partial charge in [-0.2, -0.15) is 0 Å². The van der Waals surface area contributed by atoms with Gasteiger partial charge in [-0.1, -0.05) is 39.0 Å². The first kappa shape index (κ1) is 16.4. The second-order valence-electron chi connectivity index (χ2n) is 5.96. The predicted molar refractivity (Wildman–Crippen MR) is 85.7 cm³/mol. The lowest BCUT2D eigenvalue weighted by Gasteiger charge is -2.10. The van der Waals surface area contributed by atoms with E-state index in [9.17, 15) is 4.79 Å². The Kier molecular flexibility index (Phi) is 5.96. The molecule has 2 aromatic rings. The van der Waals surface area contributed by atoms with Crippen molar-refractivity contribution in [3.8, 4) is 0 Å². The molecule has 3 heteroatoms. The highest BCUT2D eigenvalue weighted by atomic mass is 16.1. The van der Waals surface area contributed by atoms with Crippen LogP contribution in [0.25, 0.3) is 10.9 Å². The fourth-order valence-corrected chi connectivity index (χ4v) is 1.69. The molecule has 1 aromatic heterocycles. The summed E-state index contributed by atoms with van der Waals surface area (Å²) in [6.07, 6.45) is 4.01. The Morgan fingerprint density at radius 1 is 1.30 bits per heavy atom. The van der Waals surface area contributed by atoms with Gasteiger partial charge in [0.25, 0.3) is 0 Å². The molecule has 0 amide bonds. The van der Waals surface area contributed by atoms with E-state index >= 15 is 0 Å². The molecule has 0 saturated carbocycles. The predicted octanol–water partition coefficient (Wildman–Crippen LogP) is 3.61. The molecule has 0 radical (unpaired) electrons. The van der Waals surface area contributed by atoms with E-state index in [-0.39, 0.29) is 11.5 Å². The smallest absolute Gasteiger partial charge is 0.125 e. The molecule has 1 unspecified atom stereocenters. The van der Waals surface area contributed by atoms with Gasteiger partial charge < -0.3 is 15.1 Å². The van der Waals surface area contributed by atoms with Crippen LogP contribution in [0.15, 0.2) is 36.5 Å². The number of aromatic nitrogens is 1. The summed E-state index contributed by atoms with van der Waals surface area (Å²) < 4.78 is 2.19. The Bertz CT molecular complexity index is 541. The zero-order chi connectivity index (χ0) is 15.2. The van der Waals surface area contributed by atoms with Crippen LogP contribution in [-0.4, -0.2) is 16.9 Å². The third kappa shape index (κ3) is 4.82. The summed E-state index contributed by atoms with van der Waals surface area (Å²) in [6.45, 7) is 8.77. The monoisotopic (exact) mass is 274 g/mol. The van der Waals surface area contributed by atoms with E-state index in [1.165, 1.54) is 10.9 Å². The second-order valence-corrected chi connectivity index (χ2v) is 5.96. The summed E-state index contributed by atoms with van der Waals surface area (Å²) in [5.74, 6) is 0. The van der Waals surface area contributed by atoms with Crippen LogP contribution in [0.5, 0.6) is 0 Å². The van der Waals surface area contributed by atoms with Crippen LogP contribution >= 0.6 is 0 Å². The van der Waals surface area contributed by atoms with Crippen LogP contribution in [0.3, 0.4) is 0 Å². The van der Waals surface area contributed by atoms with Gasteiger partial charge >= 0.3 is 0 Å². The van der Waals surface area contributed by atoms with E-state index in [0.717, 1.165) is 19.3 Å². The maximum atomic E-state index is 10.1.